The molecule has 12 heavy (non-hydrogen) atoms. The van der Waals surface area contributed by atoms with Gasteiger partial charge in [-0.05, 0) is 20.9 Å². The van der Waals surface area contributed by atoms with Crippen molar-refractivity contribution in [2.45, 2.75) is 19.9 Å². The van der Waals surface area contributed by atoms with Crippen LogP contribution < -0.4 is 0 Å². The van der Waals surface area contributed by atoms with Crippen molar-refractivity contribution in [2.24, 2.45) is 0 Å². The molecule has 74 valence electrons. The fourth-order valence-electron chi connectivity index (χ4n) is 0.591. The van der Waals surface area contributed by atoms with Gasteiger partial charge in [-0.3, -0.25) is 4.18 Å². The van der Waals surface area contributed by atoms with Crippen molar-refractivity contribution in [3.05, 3.63) is 0 Å². The summed E-state index contributed by atoms with van der Waals surface area (Å²) < 4.78 is 25.7. The third kappa shape index (κ3) is 6.57. The second-order valence-corrected chi connectivity index (χ2v) is 4.74. The van der Waals surface area contributed by atoms with Gasteiger partial charge in [-0.1, -0.05) is 0 Å². The van der Waals surface area contributed by atoms with Crippen molar-refractivity contribution in [3.63, 3.8) is 0 Å². The number of nitrogens with zero attached hydrogens (tertiary/aromatic N) is 1. The summed E-state index contributed by atoms with van der Waals surface area (Å²) in [6.45, 7) is 4.94. The van der Waals surface area contributed by atoms with Crippen molar-refractivity contribution in [3.8, 4) is 0 Å². The van der Waals surface area contributed by atoms with Crippen LogP contribution in [-0.4, -0.2) is 45.8 Å². The van der Waals surface area contributed by atoms with Gasteiger partial charge in [0.1, 0.15) is 0 Å². The Morgan fingerprint density at radius 1 is 1.42 bits per heavy atom. The molecule has 0 spiro atoms. The average molecular weight is 195 g/mol. The monoisotopic (exact) mass is 195 g/mol. The van der Waals surface area contributed by atoms with Gasteiger partial charge >= 0.3 is 0 Å². The van der Waals surface area contributed by atoms with Crippen LogP contribution in [0.3, 0.4) is 0 Å². The molecule has 0 aromatic heterocycles. The molecule has 0 saturated heterocycles. The molecule has 0 bridgehead atoms. The predicted molar refractivity (Wildman–Crippen MR) is 48.6 cm³/mol. The highest BCUT2D eigenvalue weighted by atomic mass is 32.2. The van der Waals surface area contributed by atoms with Gasteiger partial charge in [-0.15, -0.1) is 0 Å². The average Bonchev–Trinajstić information content (AvgIpc) is 1.84. The first-order valence-corrected chi connectivity index (χ1v) is 5.69. The highest BCUT2D eigenvalue weighted by Crippen LogP contribution is 1.94. The zero-order chi connectivity index (χ0) is 9.78. The lowest BCUT2D eigenvalue weighted by molar-refractivity contribution is 0.212. The molecule has 0 atom stereocenters. The first kappa shape index (κ1) is 11.9. The van der Waals surface area contributed by atoms with Gasteiger partial charge in [-0.2, -0.15) is 8.42 Å². The molecule has 0 radical (unpaired) electrons. The fourth-order valence-corrected chi connectivity index (χ4v) is 0.968. The quantitative estimate of drug-likeness (QED) is 0.592. The van der Waals surface area contributed by atoms with E-state index in [0.29, 0.717) is 12.6 Å². The molecule has 0 aliphatic rings. The highest BCUT2D eigenvalue weighted by molar-refractivity contribution is 7.85. The molecule has 0 aromatic carbocycles. The summed E-state index contributed by atoms with van der Waals surface area (Å²) in [7, 11) is -1.35. The van der Waals surface area contributed by atoms with Crippen LogP contribution in [0, 0.1) is 0 Å². The molecule has 0 heterocycles. The Balaban J connectivity index is 3.58. The maximum absolute atomic E-state index is 10.5. The third-order valence-electron chi connectivity index (χ3n) is 1.62. The molecule has 0 aliphatic carbocycles. The topological polar surface area (TPSA) is 46.6 Å². The minimum atomic E-state index is -3.27. The van der Waals surface area contributed by atoms with Gasteiger partial charge in [0.15, 0.2) is 0 Å². The van der Waals surface area contributed by atoms with E-state index in [-0.39, 0.29) is 6.61 Å². The molecule has 0 N–H and O–H groups in total. The Labute approximate surface area is 74.6 Å². The lowest BCUT2D eigenvalue weighted by Gasteiger charge is -2.19. The Bertz CT molecular complexity index is 211. The Hall–Kier alpha value is -0.130. The summed E-state index contributed by atoms with van der Waals surface area (Å²) in [5, 5.41) is 0. The zero-order valence-corrected chi connectivity index (χ0v) is 8.89. The maximum Gasteiger partial charge on any atom is 0.264 e. The van der Waals surface area contributed by atoms with Crippen molar-refractivity contribution in [1.29, 1.82) is 0 Å². The third-order valence-corrected chi connectivity index (χ3v) is 2.22. The van der Waals surface area contributed by atoms with E-state index in [1.807, 2.05) is 25.8 Å². The molecule has 0 aromatic rings. The molecule has 0 amide bonds. The lowest BCUT2D eigenvalue weighted by Crippen LogP contribution is -2.30. The predicted octanol–water partition coefficient (Wildman–Crippen LogP) is 0.303. The molecule has 5 heteroatoms. The van der Waals surface area contributed by atoms with Gasteiger partial charge in [0, 0.05) is 12.6 Å². The largest absolute Gasteiger partial charge is 0.302 e. The summed E-state index contributed by atoms with van der Waals surface area (Å²) in [6, 6.07) is 0.410. The highest BCUT2D eigenvalue weighted by Gasteiger charge is 2.05. The van der Waals surface area contributed by atoms with E-state index >= 15 is 0 Å². The van der Waals surface area contributed by atoms with Gasteiger partial charge in [0.05, 0.1) is 12.9 Å². The Morgan fingerprint density at radius 2 is 1.92 bits per heavy atom. The Morgan fingerprint density at radius 3 is 2.25 bits per heavy atom. The zero-order valence-electron chi connectivity index (χ0n) is 8.07. The van der Waals surface area contributed by atoms with Crippen molar-refractivity contribution in [1.82, 2.24) is 4.90 Å². The van der Waals surface area contributed by atoms with Crippen LogP contribution >= 0.6 is 0 Å². The van der Waals surface area contributed by atoms with E-state index in [4.69, 9.17) is 0 Å². The summed E-state index contributed by atoms with van der Waals surface area (Å²) in [6.07, 6.45) is 1.06. The Kier molecular flexibility index (Phi) is 4.74. The maximum atomic E-state index is 10.5. The molecule has 0 saturated carbocycles. The van der Waals surface area contributed by atoms with E-state index in [1.54, 1.807) is 0 Å². The first-order valence-electron chi connectivity index (χ1n) is 3.87. The lowest BCUT2D eigenvalue weighted by atomic mass is 10.3. The van der Waals surface area contributed by atoms with Crippen LogP contribution in [0.5, 0.6) is 0 Å². The fraction of sp³-hybridized carbons (Fsp3) is 1.00. The summed E-state index contributed by atoms with van der Waals surface area (Å²) >= 11 is 0. The number of hydrogen-bond acceptors (Lipinski definition) is 4. The smallest absolute Gasteiger partial charge is 0.264 e. The van der Waals surface area contributed by atoms with Gasteiger partial charge in [0.2, 0.25) is 0 Å². The van der Waals surface area contributed by atoms with Gasteiger partial charge in [0.25, 0.3) is 10.1 Å². The molecular formula is C7H17NO3S. The van der Waals surface area contributed by atoms with Crippen molar-refractivity contribution in [2.75, 3.05) is 26.5 Å². The second kappa shape index (κ2) is 4.79. The molecular weight excluding hydrogens is 178 g/mol. The first-order chi connectivity index (χ1) is 5.33. The van der Waals surface area contributed by atoms with Crippen LogP contribution in [0.25, 0.3) is 0 Å². The number of rotatable bonds is 5. The summed E-state index contributed by atoms with van der Waals surface area (Å²) in [5.74, 6) is 0. The van der Waals surface area contributed by atoms with Gasteiger partial charge < -0.3 is 4.90 Å². The van der Waals surface area contributed by atoms with Gasteiger partial charge in [-0.25, -0.2) is 0 Å². The molecule has 0 fully saturated rings. The standard InChI is InChI=1S/C7H17NO3S/c1-7(2)8(3)5-6-11-12(4,9)10/h7H,5-6H2,1-4H3. The van der Waals surface area contributed by atoms with E-state index in [9.17, 15) is 8.42 Å². The minimum absolute atomic E-state index is 0.230. The molecule has 0 aliphatic heterocycles. The van der Waals surface area contributed by atoms with Crippen molar-refractivity contribution >= 4 is 10.1 Å². The SMILES string of the molecule is CC(C)N(C)CCOS(C)(=O)=O. The van der Waals surface area contributed by atoms with E-state index in [2.05, 4.69) is 4.18 Å². The van der Waals surface area contributed by atoms with Crippen LogP contribution in [0.1, 0.15) is 13.8 Å². The number of likely N-dealkylation sites (N-methyl/N-ethyl adjacent to an activating group) is 1. The van der Waals surface area contributed by atoms with Crippen LogP contribution in [0.4, 0.5) is 0 Å². The van der Waals surface area contributed by atoms with E-state index in [1.165, 1.54) is 0 Å². The molecule has 0 unspecified atom stereocenters. The normalized spacial score (nSPS) is 12.8. The van der Waals surface area contributed by atoms with E-state index in [0.717, 1.165) is 6.26 Å². The second-order valence-electron chi connectivity index (χ2n) is 3.10. The van der Waals surface area contributed by atoms with E-state index < -0.39 is 10.1 Å². The summed E-state index contributed by atoms with van der Waals surface area (Å²) in [4.78, 5) is 2.02. The summed E-state index contributed by atoms with van der Waals surface area (Å²) in [5.41, 5.74) is 0. The number of hydrogen-bond donors (Lipinski definition) is 0. The van der Waals surface area contributed by atoms with Crippen LogP contribution in [0.15, 0.2) is 0 Å². The molecule has 4 nitrogen and oxygen atoms in total. The van der Waals surface area contributed by atoms with Crippen LogP contribution in [0.2, 0.25) is 0 Å². The van der Waals surface area contributed by atoms with Crippen LogP contribution in [-0.2, 0) is 14.3 Å². The molecule has 0 rings (SSSR count). The minimum Gasteiger partial charge on any atom is -0.302 e. The van der Waals surface area contributed by atoms with Crippen molar-refractivity contribution < 1.29 is 12.6 Å².